The fourth-order valence-corrected chi connectivity index (χ4v) is 3.81. The van der Waals surface area contributed by atoms with Crippen LogP contribution in [0.3, 0.4) is 0 Å². The van der Waals surface area contributed by atoms with Gasteiger partial charge in [-0.15, -0.1) is 0 Å². The van der Waals surface area contributed by atoms with Gasteiger partial charge in [-0.3, -0.25) is 4.90 Å². The third kappa shape index (κ3) is 3.43. The van der Waals surface area contributed by atoms with Gasteiger partial charge in [0, 0.05) is 37.3 Å². The van der Waals surface area contributed by atoms with Gasteiger partial charge in [-0.2, -0.15) is 0 Å². The molecule has 1 atom stereocenters. The van der Waals surface area contributed by atoms with Gasteiger partial charge >= 0.3 is 0 Å². The van der Waals surface area contributed by atoms with Crippen molar-refractivity contribution in [2.24, 2.45) is 0 Å². The van der Waals surface area contributed by atoms with Crippen molar-refractivity contribution in [1.82, 2.24) is 10.2 Å². The summed E-state index contributed by atoms with van der Waals surface area (Å²) in [5, 5.41) is 3.73. The molecule has 1 unspecified atom stereocenters. The van der Waals surface area contributed by atoms with Crippen LogP contribution in [0.2, 0.25) is 0 Å². The maximum absolute atomic E-state index is 13.2. The molecular formula is C17H24F2N2. The summed E-state index contributed by atoms with van der Waals surface area (Å²) in [5.41, 5.74) is 1.04. The third-order valence-corrected chi connectivity index (χ3v) is 5.07. The van der Waals surface area contributed by atoms with Gasteiger partial charge in [-0.1, -0.05) is 12.8 Å². The average Bonchev–Trinajstić information content (AvgIpc) is 2.88. The minimum atomic E-state index is -0.481. The Kier molecular flexibility index (Phi) is 4.27. The second-order valence-electron chi connectivity index (χ2n) is 6.72. The molecule has 2 fully saturated rings. The van der Waals surface area contributed by atoms with Crippen LogP contribution in [0.4, 0.5) is 8.78 Å². The molecule has 1 spiro atoms. The maximum Gasteiger partial charge on any atom is 0.126 e. The Hall–Kier alpha value is -1.00. The topological polar surface area (TPSA) is 15.3 Å². The number of halogens is 2. The SMILES string of the molecule is CC1CNC2(CCCC2)CN1CCc1cc(F)cc(F)c1. The van der Waals surface area contributed by atoms with Gasteiger partial charge in [0.05, 0.1) is 0 Å². The van der Waals surface area contributed by atoms with Gasteiger partial charge < -0.3 is 5.32 Å². The second-order valence-corrected chi connectivity index (χ2v) is 6.72. The number of nitrogens with zero attached hydrogens (tertiary/aromatic N) is 1. The van der Waals surface area contributed by atoms with Crippen molar-refractivity contribution in [2.75, 3.05) is 19.6 Å². The van der Waals surface area contributed by atoms with Crippen molar-refractivity contribution in [2.45, 2.75) is 50.6 Å². The minimum absolute atomic E-state index is 0.291. The van der Waals surface area contributed by atoms with Crippen molar-refractivity contribution in [3.8, 4) is 0 Å². The van der Waals surface area contributed by atoms with E-state index in [0.29, 0.717) is 18.0 Å². The molecule has 116 valence electrons. The number of piperazine rings is 1. The molecule has 1 saturated heterocycles. The standard InChI is InChI=1S/C17H24F2N2/c1-13-11-20-17(5-2-3-6-17)12-21(13)7-4-14-8-15(18)10-16(19)9-14/h8-10,13,20H,2-7,11-12H2,1H3. The summed E-state index contributed by atoms with van der Waals surface area (Å²) < 4.78 is 26.5. The predicted octanol–water partition coefficient (Wildman–Crippen LogP) is 3.11. The highest BCUT2D eigenvalue weighted by Crippen LogP contribution is 2.33. The Morgan fingerprint density at radius 1 is 1.19 bits per heavy atom. The van der Waals surface area contributed by atoms with E-state index >= 15 is 0 Å². The molecule has 1 saturated carbocycles. The van der Waals surface area contributed by atoms with E-state index in [2.05, 4.69) is 17.1 Å². The van der Waals surface area contributed by atoms with Gasteiger partial charge in [-0.05, 0) is 43.9 Å². The number of rotatable bonds is 3. The lowest BCUT2D eigenvalue weighted by atomic mass is 9.92. The van der Waals surface area contributed by atoms with E-state index in [0.717, 1.165) is 31.3 Å². The highest BCUT2D eigenvalue weighted by molar-refractivity contribution is 5.18. The highest BCUT2D eigenvalue weighted by Gasteiger charge is 2.39. The first-order valence-corrected chi connectivity index (χ1v) is 8.00. The molecule has 1 N–H and O–H groups in total. The Labute approximate surface area is 125 Å². The van der Waals surface area contributed by atoms with Crippen LogP contribution in [0.5, 0.6) is 0 Å². The van der Waals surface area contributed by atoms with E-state index < -0.39 is 11.6 Å². The molecular weight excluding hydrogens is 270 g/mol. The summed E-state index contributed by atoms with van der Waals surface area (Å²) in [6, 6.07) is 4.31. The van der Waals surface area contributed by atoms with Crippen LogP contribution in [0, 0.1) is 11.6 Å². The molecule has 4 heteroatoms. The van der Waals surface area contributed by atoms with E-state index in [1.54, 1.807) is 0 Å². The summed E-state index contributed by atoms with van der Waals surface area (Å²) in [4.78, 5) is 2.48. The van der Waals surface area contributed by atoms with E-state index in [1.807, 2.05) is 0 Å². The summed E-state index contributed by atoms with van der Waals surface area (Å²) in [6.45, 7) is 5.16. The zero-order valence-corrected chi connectivity index (χ0v) is 12.7. The lowest BCUT2D eigenvalue weighted by Crippen LogP contribution is -2.62. The second kappa shape index (κ2) is 6.01. The van der Waals surface area contributed by atoms with E-state index in [4.69, 9.17) is 0 Å². The van der Waals surface area contributed by atoms with Gasteiger partial charge in [0.15, 0.2) is 0 Å². The number of benzene rings is 1. The normalized spacial score (nSPS) is 25.6. The van der Waals surface area contributed by atoms with Crippen LogP contribution in [0.15, 0.2) is 18.2 Å². The Balaban J connectivity index is 1.63. The first-order valence-electron chi connectivity index (χ1n) is 8.00. The van der Waals surface area contributed by atoms with Gasteiger partial charge in [-0.25, -0.2) is 8.78 Å². The molecule has 2 aliphatic rings. The van der Waals surface area contributed by atoms with E-state index in [1.165, 1.54) is 37.8 Å². The lowest BCUT2D eigenvalue weighted by Gasteiger charge is -2.45. The monoisotopic (exact) mass is 294 g/mol. The molecule has 0 aromatic heterocycles. The summed E-state index contributed by atoms with van der Waals surface area (Å²) in [7, 11) is 0. The van der Waals surface area contributed by atoms with Crippen molar-refractivity contribution in [3.63, 3.8) is 0 Å². The minimum Gasteiger partial charge on any atom is -0.308 e. The molecule has 21 heavy (non-hydrogen) atoms. The van der Waals surface area contributed by atoms with E-state index in [-0.39, 0.29) is 0 Å². The van der Waals surface area contributed by atoms with Crippen molar-refractivity contribution in [1.29, 1.82) is 0 Å². The summed E-state index contributed by atoms with van der Waals surface area (Å²) in [5.74, 6) is -0.962. The third-order valence-electron chi connectivity index (χ3n) is 5.07. The molecule has 0 bridgehead atoms. The molecule has 1 aliphatic carbocycles. The van der Waals surface area contributed by atoms with Crippen molar-refractivity contribution >= 4 is 0 Å². The van der Waals surface area contributed by atoms with Crippen molar-refractivity contribution in [3.05, 3.63) is 35.4 Å². The van der Waals surface area contributed by atoms with Crippen LogP contribution < -0.4 is 5.32 Å². The Morgan fingerprint density at radius 3 is 2.52 bits per heavy atom. The number of hydrogen-bond donors (Lipinski definition) is 1. The van der Waals surface area contributed by atoms with Crippen LogP contribution in [-0.4, -0.2) is 36.1 Å². The molecule has 0 radical (unpaired) electrons. The number of nitrogens with one attached hydrogen (secondary N) is 1. The van der Waals surface area contributed by atoms with E-state index in [9.17, 15) is 8.78 Å². The quantitative estimate of drug-likeness (QED) is 0.921. The Bertz CT molecular complexity index is 477. The first kappa shape index (κ1) is 14.9. The van der Waals surface area contributed by atoms with Gasteiger partial charge in [0.2, 0.25) is 0 Å². The molecule has 3 rings (SSSR count). The lowest BCUT2D eigenvalue weighted by molar-refractivity contribution is 0.0903. The largest absolute Gasteiger partial charge is 0.308 e. The van der Waals surface area contributed by atoms with Crippen LogP contribution >= 0.6 is 0 Å². The first-order chi connectivity index (χ1) is 10.1. The van der Waals surface area contributed by atoms with Gasteiger partial charge in [0.25, 0.3) is 0 Å². The van der Waals surface area contributed by atoms with Crippen LogP contribution in [0.25, 0.3) is 0 Å². The van der Waals surface area contributed by atoms with Crippen molar-refractivity contribution < 1.29 is 8.78 Å². The Morgan fingerprint density at radius 2 is 1.86 bits per heavy atom. The molecule has 1 aromatic rings. The number of hydrogen-bond acceptors (Lipinski definition) is 2. The summed E-state index contributed by atoms with van der Waals surface area (Å²) in [6.07, 6.45) is 5.83. The maximum atomic E-state index is 13.2. The fraction of sp³-hybridized carbons (Fsp3) is 0.647. The summed E-state index contributed by atoms with van der Waals surface area (Å²) >= 11 is 0. The fourth-order valence-electron chi connectivity index (χ4n) is 3.81. The highest BCUT2D eigenvalue weighted by atomic mass is 19.1. The van der Waals surface area contributed by atoms with Crippen LogP contribution in [0.1, 0.15) is 38.2 Å². The molecule has 1 heterocycles. The smallest absolute Gasteiger partial charge is 0.126 e. The zero-order valence-electron chi connectivity index (χ0n) is 12.7. The molecule has 2 nitrogen and oxygen atoms in total. The molecule has 1 aliphatic heterocycles. The zero-order chi connectivity index (χ0) is 14.9. The van der Waals surface area contributed by atoms with Crippen LogP contribution in [-0.2, 0) is 6.42 Å². The van der Waals surface area contributed by atoms with Gasteiger partial charge in [0.1, 0.15) is 11.6 Å². The average molecular weight is 294 g/mol. The predicted molar refractivity (Wildman–Crippen MR) is 80.3 cm³/mol. The molecule has 1 aromatic carbocycles. The molecule has 0 amide bonds.